The number of thiophene rings is 1. The molecule has 0 bridgehead atoms. The average molecular weight is 322 g/mol. The lowest BCUT2D eigenvalue weighted by Crippen LogP contribution is -2.30. The molecule has 0 aliphatic carbocycles. The maximum atomic E-state index is 5.99. The molecule has 2 aromatic heterocycles. The Balaban J connectivity index is 1.63. The van der Waals surface area contributed by atoms with Crippen molar-refractivity contribution in [3.63, 3.8) is 0 Å². The van der Waals surface area contributed by atoms with Crippen LogP contribution in [0.5, 0.6) is 0 Å². The Bertz CT molecular complexity index is 575. The van der Waals surface area contributed by atoms with Crippen molar-refractivity contribution in [2.24, 2.45) is 0 Å². The molecule has 2 aromatic rings. The zero-order valence-electron chi connectivity index (χ0n) is 12.2. The van der Waals surface area contributed by atoms with E-state index in [0.29, 0.717) is 0 Å². The number of hydrogen-bond acceptors (Lipinski definition) is 4. The van der Waals surface area contributed by atoms with E-state index in [4.69, 9.17) is 11.6 Å². The van der Waals surface area contributed by atoms with Crippen molar-refractivity contribution in [1.29, 1.82) is 0 Å². The van der Waals surface area contributed by atoms with E-state index in [2.05, 4.69) is 40.3 Å². The smallest absolute Gasteiger partial charge is 0.128 e. The van der Waals surface area contributed by atoms with Crippen LogP contribution in [-0.4, -0.2) is 18.1 Å². The lowest BCUT2D eigenvalue weighted by atomic mass is 10.1. The van der Waals surface area contributed by atoms with Gasteiger partial charge in [-0.3, -0.25) is 0 Å². The zero-order chi connectivity index (χ0) is 14.7. The maximum Gasteiger partial charge on any atom is 0.128 e. The zero-order valence-corrected chi connectivity index (χ0v) is 13.8. The molecule has 5 heteroatoms. The maximum absolute atomic E-state index is 5.99. The summed E-state index contributed by atoms with van der Waals surface area (Å²) in [6.07, 6.45) is 5.82. The van der Waals surface area contributed by atoms with Gasteiger partial charge in [-0.15, -0.1) is 11.3 Å². The fourth-order valence-electron chi connectivity index (χ4n) is 2.66. The van der Waals surface area contributed by atoms with Gasteiger partial charge in [0.15, 0.2) is 0 Å². The van der Waals surface area contributed by atoms with Crippen LogP contribution in [0.3, 0.4) is 0 Å². The van der Waals surface area contributed by atoms with Crippen LogP contribution in [0.15, 0.2) is 30.5 Å². The summed E-state index contributed by atoms with van der Waals surface area (Å²) >= 11 is 7.60. The second kappa shape index (κ2) is 6.67. The van der Waals surface area contributed by atoms with Gasteiger partial charge in [-0.2, -0.15) is 0 Å². The van der Waals surface area contributed by atoms with Gasteiger partial charge >= 0.3 is 0 Å². The predicted molar refractivity (Wildman–Crippen MR) is 91.7 cm³/mol. The highest BCUT2D eigenvalue weighted by atomic mass is 35.5. The largest absolute Gasteiger partial charge is 0.376 e. The Kier molecular flexibility index (Phi) is 4.66. The molecule has 0 saturated carbocycles. The van der Waals surface area contributed by atoms with Crippen LogP contribution in [-0.2, 0) is 0 Å². The van der Waals surface area contributed by atoms with Gasteiger partial charge in [0.2, 0.25) is 0 Å². The van der Waals surface area contributed by atoms with Crippen LogP contribution < -0.4 is 10.2 Å². The van der Waals surface area contributed by atoms with Crippen LogP contribution in [0.1, 0.15) is 37.1 Å². The Morgan fingerprint density at radius 2 is 2.00 bits per heavy atom. The second-order valence-corrected chi connectivity index (χ2v) is 7.21. The molecule has 3 nitrogen and oxygen atoms in total. The van der Waals surface area contributed by atoms with Gasteiger partial charge in [-0.1, -0.05) is 11.6 Å². The van der Waals surface area contributed by atoms with Crippen molar-refractivity contribution in [1.82, 2.24) is 4.98 Å². The number of hydrogen-bond donors (Lipinski definition) is 1. The van der Waals surface area contributed by atoms with E-state index in [9.17, 15) is 0 Å². The highest BCUT2D eigenvalue weighted by Crippen LogP contribution is 2.29. The van der Waals surface area contributed by atoms with Crippen molar-refractivity contribution in [2.75, 3.05) is 23.3 Å². The highest BCUT2D eigenvalue weighted by molar-refractivity contribution is 7.16. The Labute approximate surface area is 135 Å². The number of rotatable bonds is 4. The minimum absolute atomic E-state index is 0.241. The first-order valence-electron chi connectivity index (χ1n) is 7.45. The van der Waals surface area contributed by atoms with Crippen LogP contribution >= 0.6 is 22.9 Å². The van der Waals surface area contributed by atoms with Crippen molar-refractivity contribution >= 4 is 34.4 Å². The van der Waals surface area contributed by atoms with Gasteiger partial charge in [-0.25, -0.2) is 4.98 Å². The molecule has 21 heavy (non-hydrogen) atoms. The van der Waals surface area contributed by atoms with Gasteiger partial charge in [0.25, 0.3) is 0 Å². The summed E-state index contributed by atoms with van der Waals surface area (Å²) in [5.74, 6) is 1.09. The number of halogens is 1. The summed E-state index contributed by atoms with van der Waals surface area (Å²) in [4.78, 5) is 8.20. The van der Waals surface area contributed by atoms with Crippen molar-refractivity contribution < 1.29 is 0 Å². The van der Waals surface area contributed by atoms with E-state index in [1.807, 2.05) is 12.3 Å². The molecule has 1 saturated heterocycles. The minimum Gasteiger partial charge on any atom is -0.376 e. The fourth-order valence-corrected chi connectivity index (χ4v) is 3.73. The quantitative estimate of drug-likeness (QED) is 0.862. The molecule has 1 aliphatic rings. The lowest BCUT2D eigenvalue weighted by Gasteiger charge is -2.27. The number of nitrogens with zero attached hydrogens (tertiary/aromatic N) is 2. The van der Waals surface area contributed by atoms with E-state index < -0.39 is 0 Å². The Hall–Kier alpha value is -1.26. The molecule has 1 N–H and O–H groups in total. The van der Waals surface area contributed by atoms with Crippen molar-refractivity contribution in [3.05, 3.63) is 39.7 Å². The molecule has 1 fully saturated rings. The van der Waals surface area contributed by atoms with Crippen LogP contribution in [0.4, 0.5) is 11.5 Å². The SMILES string of the molecule is CC(Nc1ccc(N2CCCCC2)nc1)c1ccc(Cl)s1. The molecular weight excluding hydrogens is 302 g/mol. The van der Waals surface area contributed by atoms with E-state index in [-0.39, 0.29) is 6.04 Å². The van der Waals surface area contributed by atoms with Gasteiger partial charge in [0.05, 0.1) is 22.3 Å². The first-order chi connectivity index (χ1) is 10.2. The second-order valence-electron chi connectivity index (χ2n) is 5.46. The summed E-state index contributed by atoms with van der Waals surface area (Å²) in [6, 6.07) is 8.48. The molecule has 1 unspecified atom stereocenters. The summed E-state index contributed by atoms with van der Waals surface area (Å²) in [7, 11) is 0. The van der Waals surface area contributed by atoms with Crippen LogP contribution in [0.25, 0.3) is 0 Å². The van der Waals surface area contributed by atoms with Crippen molar-refractivity contribution in [3.8, 4) is 0 Å². The topological polar surface area (TPSA) is 28.2 Å². The van der Waals surface area contributed by atoms with E-state index in [1.54, 1.807) is 11.3 Å². The molecular formula is C16H20ClN3S. The first-order valence-corrected chi connectivity index (χ1v) is 8.64. The summed E-state index contributed by atoms with van der Waals surface area (Å²) in [5, 5.41) is 3.47. The molecule has 0 aromatic carbocycles. The highest BCUT2D eigenvalue weighted by Gasteiger charge is 2.12. The number of nitrogens with one attached hydrogen (secondary N) is 1. The van der Waals surface area contributed by atoms with E-state index in [1.165, 1.54) is 24.1 Å². The molecule has 0 amide bonds. The van der Waals surface area contributed by atoms with Crippen LogP contribution in [0, 0.1) is 0 Å². The van der Waals surface area contributed by atoms with E-state index in [0.717, 1.165) is 28.9 Å². The first kappa shape index (κ1) is 14.7. The Morgan fingerprint density at radius 3 is 2.62 bits per heavy atom. The van der Waals surface area contributed by atoms with Gasteiger partial charge < -0.3 is 10.2 Å². The molecule has 112 valence electrons. The van der Waals surface area contributed by atoms with Gasteiger partial charge in [0.1, 0.15) is 5.82 Å². The lowest BCUT2D eigenvalue weighted by molar-refractivity contribution is 0.573. The molecule has 0 spiro atoms. The number of piperidine rings is 1. The standard InChI is InChI=1S/C16H20ClN3S/c1-12(14-6-7-15(17)21-14)19-13-5-8-16(18-11-13)20-9-3-2-4-10-20/h5-8,11-12,19H,2-4,9-10H2,1H3. The summed E-state index contributed by atoms with van der Waals surface area (Å²) < 4.78 is 0.831. The Morgan fingerprint density at radius 1 is 1.19 bits per heavy atom. The molecule has 3 heterocycles. The average Bonchev–Trinajstić information content (AvgIpc) is 2.96. The normalized spacial score (nSPS) is 16.8. The number of aromatic nitrogens is 1. The third-order valence-electron chi connectivity index (χ3n) is 3.83. The predicted octanol–water partition coefficient (Wildman–Crippen LogP) is 4.96. The van der Waals surface area contributed by atoms with Crippen LogP contribution in [0.2, 0.25) is 4.34 Å². The summed E-state index contributed by atoms with van der Waals surface area (Å²) in [5.41, 5.74) is 1.05. The molecule has 1 atom stereocenters. The van der Waals surface area contributed by atoms with Gasteiger partial charge in [0, 0.05) is 18.0 Å². The molecule has 1 aliphatic heterocycles. The molecule has 3 rings (SSSR count). The number of pyridine rings is 1. The van der Waals surface area contributed by atoms with Crippen molar-refractivity contribution in [2.45, 2.75) is 32.2 Å². The fraction of sp³-hybridized carbons (Fsp3) is 0.438. The third kappa shape index (κ3) is 3.69. The third-order valence-corrected chi connectivity index (χ3v) is 5.25. The molecule has 0 radical (unpaired) electrons. The monoisotopic (exact) mass is 321 g/mol. The summed E-state index contributed by atoms with van der Waals surface area (Å²) in [6.45, 7) is 4.40. The van der Waals surface area contributed by atoms with Gasteiger partial charge in [-0.05, 0) is 50.5 Å². The number of anilines is 2. The minimum atomic E-state index is 0.241. The van der Waals surface area contributed by atoms with E-state index >= 15 is 0 Å².